The number of nitrogens with zero attached hydrogens (tertiary/aromatic N) is 2. The van der Waals surface area contributed by atoms with E-state index in [-0.39, 0.29) is 18.5 Å². The largest absolute Gasteiger partial charge is 0.495 e. The average Bonchev–Trinajstić information content (AvgIpc) is 3.42. The van der Waals surface area contributed by atoms with Crippen molar-refractivity contribution < 1.29 is 13.9 Å². The zero-order valence-electron chi connectivity index (χ0n) is 16.5. The van der Waals surface area contributed by atoms with E-state index >= 15 is 0 Å². The second kappa shape index (κ2) is 8.22. The van der Waals surface area contributed by atoms with Gasteiger partial charge in [0.15, 0.2) is 0 Å². The monoisotopic (exact) mass is 389 g/mol. The first-order valence-electron chi connectivity index (χ1n) is 9.52. The van der Waals surface area contributed by atoms with Gasteiger partial charge in [0.25, 0.3) is 5.91 Å². The Hall–Kier alpha value is -3.54. The molecule has 1 unspecified atom stereocenters. The summed E-state index contributed by atoms with van der Waals surface area (Å²) in [5.41, 5.74) is 3.83. The maximum atomic E-state index is 13.0. The van der Waals surface area contributed by atoms with Gasteiger partial charge in [0.2, 0.25) is 0 Å². The second-order valence-corrected chi connectivity index (χ2v) is 6.94. The van der Waals surface area contributed by atoms with Gasteiger partial charge in [-0.25, -0.2) is 5.01 Å². The van der Waals surface area contributed by atoms with E-state index < -0.39 is 0 Å². The smallest absolute Gasteiger partial charge is 0.262 e. The molecule has 1 N–H and O–H groups in total. The van der Waals surface area contributed by atoms with E-state index in [9.17, 15) is 4.79 Å². The third-order valence-electron chi connectivity index (χ3n) is 4.96. The van der Waals surface area contributed by atoms with Gasteiger partial charge in [-0.2, -0.15) is 5.10 Å². The number of para-hydroxylation sites is 2. The first-order valence-corrected chi connectivity index (χ1v) is 9.52. The molecule has 3 aromatic rings. The van der Waals surface area contributed by atoms with Crippen molar-refractivity contribution in [2.75, 3.05) is 19.0 Å². The zero-order valence-corrected chi connectivity index (χ0v) is 16.5. The van der Waals surface area contributed by atoms with Gasteiger partial charge < -0.3 is 14.5 Å². The molecule has 0 spiro atoms. The number of methoxy groups -OCH3 is 1. The summed E-state index contributed by atoms with van der Waals surface area (Å²) in [4.78, 5) is 13.0. The Morgan fingerprint density at radius 3 is 2.69 bits per heavy atom. The number of aryl methyl sites for hydroxylation is 1. The lowest BCUT2D eigenvalue weighted by Crippen LogP contribution is -2.32. The number of hydrazone groups is 1. The Morgan fingerprint density at radius 2 is 1.97 bits per heavy atom. The molecule has 148 valence electrons. The van der Waals surface area contributed by atoms with Gasteiger partial charge in [-0.1, -0.05) is 42.0 Å². The molecule has 0 radical (unpaired) electrons. The number of ether oxygens (including phenoxy) is 1. The molecule has 0 aliphatic carbocycles. The van der Waals surface area contributed by atoms with Gasteiger partial charge in [0.05, 0.1) is 31.3 Å². The van der Waals surface area contributed by atoms with Crippen molar-refractivity contribution in [3.05, 3.63) is 83.8 Å². The van der Waals surface area contributed by atoms with Crippen LogP contribution in [0.2, 0.25) is 0 Å². The van der Waals surface area contributed by atoms with Crippen LogP contribution in [0.5, 0.6) is 5.75 Å². The fourth-order valence-electron chi connectivity index (χ4n) is 3.41. The summed E-state index contributed by atoms with van der Waals surface area (Å²) < 4.78 is 10.9. The van der Waals surface area contributed by atoms with Crippen molar-refractivity contribution in [2.45, 2.75) is 19.4 Å². The van der Waals surface area contributed by atoms with Crippen LogP contribution in [0.4, 0.5) is 5.69 Å². The third kappa shape index (κ3) is 4.01. The number of rotatable bonds is 6. The highest BCUT2D eigenvalue weighted by Crippen LogP contribution is 2.33. The lowest BCUT2D eigenvalue weighted by atomic mass is 10.0. The fraction of sp³-hybridized carbons (Fsp3) is 0.217. The Balaban J connectivity index is 1.55. The van der Waals surface area contributed by atoms with Crippen molar-refractivity contribution in [2.24, 2.45) is 5.10 Å². The molecular weight excluding hydrogens is 366 g/mol. The summed E-state index contributed by atoms with van der Waals surface area (Å²) in [6.07, 6.45) is 2.23. The van der Waals surface area contributed by atoms with Crippen molar-refractivity contribution >= 4 is 17.3 Å². The minimum atomic E-state index is -0.256. The molecule has 4 rings (SSSR count). The molecule has 1 aromatic heterocycles. The number of anilines is 1. The number of carbonyl (C=O) groups is 1. The quantitative estimate of drug-likeness (QED) is 0.679. The maximum Gasteiger partial charge on any atom is 0.262 e. The number of carbonyl (C=O) groups excluding carboxylic acids is 1. The number of nitrogens with one attached hydrogen (secondary N) is 1. The van der Waals surface area contributed by atoms with Gasteiger partial charge in [0.1, 0.15) is 17.6 Å². The van der Waals surface area contributed by atoms with Gasteiger partial charge in [-0.3, -0.25) is 4.79 Å². The zero-order chi connectivity index (χ0) is 20.2. The Morgan fingerprint density at radius 1 is 1.17 bits per heavy atom. The van der Waals surface area contributed by atoms with Crippen LogP contribution >= 0.6 is 0 Å². The van der Waals surface area contributed by atoms with Crippen LogP contribution in [0.1, 0.15) is 29.3 Å². The second-order valence-electron chi connectivity index (χ2n) is 6.94. The van der Waals surface area contributed by atoms with Crippen LogP contribution in [0.3, 0.4) is 0 Å². The Bertz CT molecular complexity index is 1010. The number of benzene rings is 2. The summed E-state index contributed by atoms with van der Waals surface area (Å²) >= 11 is 0. The normalized spacial score (nSPS) is 15.9. The molecule has 6 heteroatoms. The van der Waals surface area contributed by atoms with E-state index in [0.29, 0.717) is 12.2 Å². The van der Waals surface area contributed by atoms with E-state index in [0.717, 1.165) is 22.7 Å². The molecule has 29 heavy (non-hydrogen) atoms. The molecule has 1 aliphatic heterocycles. The number of amides is 1. The van der Waals surface area contributed by atoms with Crippen molar-refractivity contribution in [3.63, 3.8) is 0 Å². The molecular formula is C23H23N3O3. The number of hydrogen-bond donors (Lipinski definition) is 1. The summed E-state index contributed by atoms with van der Waals surface area (Å²) in [7, 11) is 1.61. The lowest BCUT2D eigenvalue weighted by molar-refractivity contribution is -0.131. The maximum absolute atomic E-state index is 13.0. The highest BCUT2D eigenvalue weighted by atomic mass is 16.5. The Kier molecular flexibility index (Phi) is 5.33. The van der Waals surface area contributed by atoms with Crippen molar-refractivity contribution in [1.29, 1.82) is 0 Å². The molecule has 6 nitrogen and oxygen atoms in total. The van der Waals surface area contributed by atoms with Gasteiger partial charge in [0, 0.05) is 6.42 Å². The predicted molar refractivity (Wildman–Crippen MR) is 112 cm³/mol. The van der Waals surface area contributed by atoms with Crippen LogP contribution < -0.4 is 10.1 Å². The van der Waals surface area contributed by atoms with Crippen LogP contribution in [0.15, 0.2) is 76.4 Å². The third-order valence-corrected chi connectivity index (χ3v) is 4.96. The standard InChI is InChI=1S/C23H23N3O3/c1-16-9-11-17(12-10-16)19-14-20(22-8-5-13-29-22)26(25-19)23(27)15-24-18-6-3-4-7-21(18)28-2/h3-13,20,24H,14-15H2,1-2H3. The molecule has 1 atom stereocenters. The molecule has 2 heterocycles. The minimum Gasteiger partial charge on any atom is -0.495 e. The number of furan rings is 1. The topological polar surface area (TPSA) is 67.1 Å². The molecule has 0 bridgehead atoms. The molecule has 0 saturated carbocycles. The highest BCUT2D eigenvalue weighted by molar-refractivity contribution is 6.03. The summed E-state index contributed by atoms with van der Waals surface area (Å²) in [6, 6.07) is 19.1. The van der Waals surface area contributed by atoms with Gasteiger partial charge in [-0.05, 0) is 36.8 Å². The molecule has 0 saturated heterocycles. The van der Waals surface area contributed by atoms with E-state index in [1.54, 1.807) is 13.4 Å². The summed E-state index contributed by atoms with van der Waals surface area (Å²) in [5.74, 6) is 1.27. The first-order chi connectivity index (χ1) is 14.2. The molecule has 0 fully saturated rings. The summed E-state index contributed by atoms with van der Waals surface area (Å²) in [6.45, 7) is 2.15. The Labute approximate surface area is 169 Å². The predicted octanol–water partition coefficient (Wildman–Crippen LogP) is 4.39. The molecule has 1 aliphatic rings. The van der Waals surface area contributed by atoms with E-state index in [1.165, 1.54) is 10.6 Å². The van der Waals surface area contributed by atoms with Gasteiger partial charge >= 0.3 is 0 Å². The minimum absolute atomic E-state index is 0.0995. The number of hydrogen-bond acceptors (Lipinski definition) is 5. The fourth-order valence-corrected chi connectivity index (χ4v) is 3.41. The highest BCUT2D eigenvalue weighted by Gasteiger charge is 2.34. The van der Waals surface area contributed by atoms with Crippen molar-refractivity contribution in [1.82, 2.24) is 5.01 Å². The van der Waals surface area contributed by atoms with Crippen molar-refractivity contribution in [3.8, 4) is 5.75 Å². The van der Waals surface area contributed by atoms with Crippen LogP contribution in [0.25, 0.3) is 0 Å². The van der Waals surface area contributed by atoms with E-state index in [2.05, 4.69) is 10.4 Å². The van der Waals surface area contributed by atoms with E-state index in [4.69, 9.17) is 9.15 Å². The van der Waals surface area contributed by atoms with Gasteiger partial charge in [-0.15, -0.1) is 0 Å². The summed E-state index contributed by atoms with van der Waals surface area (Å²) in [5, 5.41) is 9.33. The first kappa shape index (κ1) is 18.8. The average molecular weight is 389 g/mol. The molecule has 2 aromatic carbocycles. The lowest BCUT2D eigenvalue weighted by Gasteiger charge is -2.20. The van der Waals surface area contributed by atoms with Crippen LogP contribution in [-0.4, -0.2) is 30.3 Å². The SMILES string of the molecule is COc1ccccc1NCC(=O)N1N=C(c2ccc(C)cc2)CC1c1ccco1. The molecule has 1 amide bonds. The van der Waals surface area contributed by atoms with Crippen LogP contribution in [-0.2, 0) is 4.79 Å². The van der Waals surface area contributed by atoms with Crippen LogP contribution in [0, 0.1) is 6.92 Å². The van der Waals surface area contributed by atoms with E-state index in [1.807, 2.05) is 67.6 Å².